The monoisotopic (exact) mass is 708 g/mol. The molecule has 0 saturated heterocycles. The van der Waals surface area contributed by atoms with E-state index in [2.05, 4.69) is 40.0 Å². The molecule has 1 unspecified atom stereocenters. The number of benzene rings is 2. The number of nitrogens with zero attached hydrogens (tertiary/aromatic N) is 1. The molecule has 0 aromatic heterocycles. The highest BCUT2D eigenvalue weighted by atomic mass is 16.6. The lowest BCUT2D eigenvalue weighted by Gasteiger charge is -2.30. The van der Waals surface area contributed by atoms with Crippen molar-refractivity contribution in [3.63, 3.8) is 0 Å². The Morgan fingerprint density at radius 1 is 0.922 bits per heavy atom. The van der Waals surface area contributed by atoms with Gasteiger partial charge >= 0.3 is 18.1 Å². The standard InChI is InChI=1S/C38H56N6O7/c1-25(2)30(43-35(49)51-36(3,4)5)32(46)42-29(15-12-21-40-34(39)48)31(45)41-28-18-16-26(17-19-28)20-22-44(8)38(24-37(38,6)7)33(47)50-23-27-13-10-9-11-14-27/h9-11,13-14,16-19,25,29-30H,12,15,20-24H2,1-8H3,(H,41,45)(H,42,46)(H,43,49)(H3,39,40,48)/t29-,30-,38?/m0/s1. The molecule has 13 heteroatoms. The summed E-state index contributed by atoms with van der Waals surface area (Å²) in [6.07, 6.45) is 1.19. The number of likely N-dealkylation sites (N-methyl/N-ethyl adjacent to an activating group) is 1. The molecule has 6 N–H and O–H groups in total. The van der Waals surface area contributed by atoms with Crippen molar-refractivity contribution in [2.75, 3.05) is 25.5 Å². The number of alkyl carbamates (subject to hydrolysis) is 1. The maximum Gasteiger partial charge on any atom is 0.408 e. The van der Waals surface area contributed by atoms with Crippen molar-refractivity contribution in [1.82, 2.24) is 20.9 Å². The number of urea groups is 1. The van der Waals surface area contributed by atoms with Crippen molar-refractivity contribution < 1.29 is 33.4 Å². The summed E-state index contributed by atoms with van der Waals surface area (Å²) < 4.78 is 11.1. The molecule has 2 aromatic rings. The highest BCUT2D eigenvalue weighted by Gasteiger charge is 2.69. The minimum absolute atomic E-state index is 0.200. The van der Waals surface area contributed by atoms with Crippen LogP contribution in [0.25, 0.3) is 0 Å². The molecule has 1 aliphatic carbocycles. The Bertz CT molecular complexity index is 1510. The van der Waals surface area contributed by atoms with E-state index < -0.39 is 47.2 Å². The summed E-state index contributed by atoms with van der Waals surface area (Å²) in [5, 5.41) is 10.7. The SMILES string of the molecule is CC(C)[C@H](NC(=O)OC(C)(C)C)C(=O)N[C@@H](CCCNC(N)=O)C(=O)Nc1ccc(CCN(C)C2(C(=O)OCc3ccccc3)CC2(C)C)cc1. The maximum atomic E-state index is 13.5. The number of hydrogen-bond acceptors (Lipinski definition) is 8. The normalized spacial score (nSPS) is 17.5. The summed E-state index contributed by atoms with van der Waals surface area (Å²) >= 11 is 0. The lowest BCUT2D eigenvalue weighted by atomic mass is 10.0. The van der Waals surface area contributed by atoms with Crippen molar-refractivity contribution >= 4 is 35.6 Å². The second-order valence-electron chi connectivity index (χ2n) is 15.2. The van der Waals surface area contributed by atoms with Crippen molar-refractivity contribution in [2.24, 2.45) is 17.1 Å². The van der Waals surface area contributed by atoms with Gasteiger partial charge in [-0.1, -0.05) is 70.2 Å². The fourth-order valence-electron chi connectivity index (χ4n) is 6.08. The number of nitrogens with two attached hydrogens (primary N) is 1. The smallest absolute Gasteiger partial charge is 0.408 e. The van der Waals surface area contributed by atoms with E-state index in [0.29, 0.717) is 31.5 Å². The molecule has 0 bridgehead atoms. The summed E-state index contributed by atoms with van der Waals surface area (Å²) in [6, 6.07) is 14.4. The van der Waals surface area contributed by atoms with E-state index in [1.165, 1.54) is 0 Å². The van der Waals surface area contributed by atoms with E-state index in [1.54, 1.807) is 46.8 Å². The third kappa shape index (κ3) is 12.0. The first-order chi connectivity index (χ1) is 23.8. The third-order valence-corrected chi connectivity index (χ3v) is 9.07. The van der Waals surface area contributed by atoms with E-state index in [9.17, 15) is 24.0 Å². The Hall–Kier alpha value is -4.65. The molecule has 1 aliphatic rings. The molecular weight excluding hydrogens is 652 g/mol. The van der Waals surface area contributed by atoms with Gasteiger partial charge in [-0.2, -0.15) is 0 Å². The molecule has 0 radical (unpaired) electrons. The van der Waals surface area contributed by atoms with E-state index in [-0.39, 0.29) is 36.9 Å². The number of hydrogen-bond donors (Lipinski definition) is 5. The number of nitrogens with one attached hydrogen (secondary N) is 4. The molecule has 0 heterocycles. The van der Waals surface area contributed by atoms with Crippen LogP contribution < -0.4 is 27.0 Å². The third-order valence-electron chi connectivity index (χ3n) is 9.07. The number of carbonyl (C=O) groups excluding carboxylic acids is 5. The zero-order chi connectivity index (χ0) is 38.0. The summed E-state index contributed by atoms with van der Waals surface area (Å²) in [5.74, 6) is -1.52. The van der Waals surface area contributed by atoms with E-state index in [4.69, 9.17) is 15.2 Å². The van der Waals surface area contributed by atoms with Gasteiger partial charge in [-0.25, -0.2) is 9.59 Å². The minimum atomic E-state index is -0.970. The average molecular weight is 709 g/mol. The van der Waals surface area contributed by atoms with Crippen LogP contribution in [-0.2, 0) is 36.9 Å². The van der Waals surface area contributed by atoms with Crippen molar-refractivity contribution in [3.8, 4) is 0 Å². The number of ether oxygens (including phenoxy) is 2. The van der Waals surface area contributed by atoms with Gasteiger partial charge in [-0.15, -0.1) is 0 Å². The Balaban J connectivity index is 1.62. The van der Waals surface area contributed by atoms with Crippen molar-refractivity contribution in [2.45, 2.75) is 104 Å². The van der Waals surface area contributed by atoms with Gasteiger partial charge in [-0.05, 0) is 88.1 Å². The Labute approximate surface area is 301 Å². The lowest BCUT2D eigenvalue weighted by molar-refractivity contribution is -0.154. The summed E-state index contributed by atoms with van der Waals surface area (Å²) in [5.41, 5.74) is 6.00. The first-order valence-corrected chi connectivity index (χ1v) is 17.5. The predicted molar refractivity (Wildman–Crippen MR) is 196 cm³/mol. The summed E-state index contributed by atoms with van der Waals surface area (Å²) in [4.78, 5) is 65.8. The molecule has 51 heavy (non-hydrogen) atoms. The number of esters is 1. The van der Waals surface area contributed by atoms with Crippen LogP contribution in [0.2, 0.25) is 0 Å². The zero-order valence-electron chi connectivity index (χ0n) is 31.3. The number of carbonyl (C=O) groups is 5. The van der Waals surface area contributed by atoms with Gasteiger partial charge in [-0.3, -0.25) is 19.3 Å². The van der Waals surface area contributed by atoms with E-state index in [1.807, 2.05) is 49.5 Å². The summed E-state index contributed by atoms with van der Waals surface area (Å²) in [7, 11) is 1.95. The highest BCUT2D eigenvalue weighted by molar-refractivity contribution is 5.98. The minimum Gasteiger partial charge on any atom is -0.459 e. The predicted octanol–water partition coefficient (Wildman–Crippen LogP) is 4.49. The number of anilines is 1. The molecule has 3 atom stereocenters. The quantitative estimate of drug-likeness (QED) is 0.118. The molecule has 0 aliphatic heterocycles. The Kier molecular flexibility index (Phi) is 14.0. The van der Waals surface area contributed by atoms with Gasteiger partial charge in [0, 0.05) is 18.8 Å². The Morgan fingerprint density at radius 2 is 1.55 bits per heavy atom. The maximum absolute atomic E-state index is 13.5. The molecule has 1 fully saturated rings. The second-order valence-corrected chi connectivity index (χ2v) is 15.2. The molecule has 2 aromatic carbocycles. The molecule has 3 rings (SSSR count). The van der Waals surface area contributed by atoms with Gasteiger partial charge in [0.1, 0.15) is 29.8 Å². The molecule has 13 nitrogen and oxygen atoms in total. The van der Waals surface area contributed by atoms with Crippen molar-refractivity contribution in [1.29, 1.82) is 0 Å². The molecular formula is C38H56N6O7. The average Bonchev–Trinajstić information content (AvgIpc) is 3.65. The first-order valence-electron chi connectivity index (χ1n) is 17.5. The lowest BCUT2D eigenvalue weighted by Crippen LogP contribution is -2.55. The van der Waals surface area contributed by atoms with E-state index >= 15 is 0 Å². The van der Waals surface area contributed by atoms with Crippen LogP contribution in [0.3, 0.4) is 0 Å². The number of amides is 5. The summed E-state index contributed by atoms with van der Waals surface area (Å²) in [6.45, 7) is 13.9. The van der Waals surface area contributed by atoms with Gasteiger partial charge in [0.15, 0.2) is 0 Å². The van der Waals surface area contributed by atoms with E-state index in [0.717, 1.165) is 11.1 Å². The fraction of sp³-hybridized carbons (Fsp3) is 0.553. The fourth-order valence-corrected chi connectivity index (χ4v) is 6.08. The van der Waals surface area contributed by atoms with Crippen LogP contribution in [0.15, 0.2) is 54.6 Å². The second kappa shape index (κ2) is 17.5. The van der Waals surface area contributed by atoms with Gasteiger partial charge < -0.3 is 36.5 Å². The largest absolute Gasteiger partial charge is 0.459 e. The highest BCUT2D eigenvalue weighted by Crippen LogP contribution is 2.59. The first kappa shape index (κ1) is 40.8. The molecule has 5 amide bonds. The Morgan fingerprint density at radius 3 is 2.10 bits per heavy atom. The van der Waals surface area contributed by atoms with Crippen LogP contribution in [0.1, 0.15) is 78.9 Å². The molecule has 1 saturated carbocycles. The topological polar surface area (TPSA) is 181 Å². The van der Waals surface area contributed by atoms with Crippen LogP contribution in [0.4, 0.5) is 15.3 Å². The van der Waals surface area contributed by atoms with Crippen LogP contribution in [0, 0.1) is 11.3 Å². The van der Waals surface area contributed by atoms with Gasteiger partial charge in [0.25, 0.3) is 0 Å². The van der Waals surface area contributed by atoms with Crippen LogP contribution in [-0.4, -0.2) is 78.2 Å². The van der Waals surface area contributed by atoms with Crippen LogP contribution in [0.5, 0.6) is 0 Å². The van der Waals surface area contributed by atoms with Crippen molar-refractivity contribution in [3.05, 3.63) is 65.7 Å². The molecule has 0 spiro atoms. The number of rotatable bonds is 17. The zero-order valence-corrected chi connectivity index (χ0v) is 31.3. The molecule has 280 valence electrons. The van der Waals surface area contributed by atoms with Gasteiger partial charge in [0.05, 0.1) is 0 Å². The number of primary amides is 1. The van der Waals surface area contributed by atoms with Gasteiger partial charge in [0.2, 0.25) is 11.8 Å². The van der Waals surface area contributed by atoms with Crippen LogP contribution >= 0.6 is 0 Å².